The second-order valence-corrected chi connectivity index (χ2v) is 4.48. The Labute approximate surface area is 89.9 Å². The molecular weight excluding hydrogens is 190 g/mol. The van der Waals surface area contributed by atoms with Gasteiger partial charge in [0.15, 0.2) is 0 Å². The minimum atomic E-state index is 0.000324. The lowest BCUT2D eigenvalue weighted by atomic mass is 10.1. The standard InChI is InChI=1S/C12H17NO2/c1-8-3-4-10(7-8)13-12(14)11-5-6-15-9(11)2/h5-6,8,10H,3-4,7H2,1-2H3,(H,13,14). The highest BCUT2D eigenvalue weighted by Crippen LogP contribution is 2.25. The van der Waals surface area contributed by atoms with Gasteiger partial charge in [0.2, 0.25) is 0 Å². The van der Waals surface area contributed by atoms with E-state index < -0.39 is 0 Å². The van der Waals surface area contributed by atoms with E-state index in [1.54, 1.807) is 12.3 Å². The Morgan fingerprint density at radius 1 is 1.53 bits per heavy atom. The van der Waals surface area contributed by atoms with Crippen LogP contribution in [0, 0.1) is 12.8 Å². The fourth-order valence-electron chi connectivity index (χ4n) is 2.22. The van der Waals surface area contributed by atoms with Gasteiger partial charge in [0.25, 0.3) is 5.91 Å². The Morgan fingerprint density at radius 3 is 2.87 bits per heavy atom. The summed E-state index contributed by atoms with van der Waals surface area (Å²) in [5.41, 5.74) is 0.662. The van der Waals surface area contributed by atoms with E-state index >= 15 is 0 Å². The molecular formula is C12H17NO2. The van der Waals surface area contributed by atoms with E-state index in [0.717, 1.165) is 18.8 Å². The van der Waals surface area contributed by atoms with Crippen molar-refractivity contribution in [3.05, 3.63) is 23.7 Å². The highest BCUT2D eigenvalue weighted by atomic mass is 16.3. The molecule has 15 heavy (non-hydrogen) atoms. The average molecular weight is 207 g/mol. The number of carbonyl (C=O) groups is 1. The molecule has 1 heterocycles. The smallest absolute Gasteiger partial charge is 0.255 e. The van der Waals surface area contributed by atoms with E-state index in [0.29, 0.717) is 17.4 Å². The first kappa shape index (κ1) is 10.3. The fourth-order valence-corrected chi connectivity index (χ4v) is 2.22. The zero-order chi connectivity index (χ0) is 10.8. The first-order valence-electron chi connectivity index (χ1n) is 5.51. The molecule has 3 nitrogen and oxygen atoms in total. The van der Waals surface area contributed by atoms with Crippen LogP contribution >= 0.6 is 0 Å². The summed E-state index contributed by atoms with van der Waals surface area (Å²) in [5, 5.41) is 3.05. The molecule has 0 saturated heterocycles. The molecule has 1 saturated carbocycles. The van der Waals surface area contributed by atoms with Crippen molar-refractivity contribution in [2.24, 2.45) is 5.92 Å². The zero-order valence-corrected chi connectivity index (χ0v) is 9.25. The first-order valence-corrected chi connectivity index (χ1v) is 5.51. The number of amides is 1. The molecule has 1 aliphatic rings. The Bertz CT molecular complexity index is 356. The third-order valence-electron chi connectivity index (χ3n) is 3.13. The molecule has 82 valence electrons. The number of furan rings is 1. The molecule has 0 aromatic carbocycles. The normalized spacial score (nSPS) is 25.5. The van der Waals surface area contributed by atoms with Gasteiger partial charge in [-0.2, -0.15) is 0 Å². The number of aryl methyl sites for hydroxylation is 1. The average Bonchev–Trinajstić information content (AvgIpc) is 2.75. The number of hydrogen-bond donors (Lipinski definition) is 1. The minimum Gasteiger partial charge on any atom is -0.469 e. The molecule has 0 spiro atoms. The number of rotatable bonds is 2. The van der Waals surface area contributed by atoms with Gasteiger partial charge in [0.1, 0.15) is 5.76 Å². The molecule has 3 heteroatoms. The molecule has 1 aromatic heterocycles. The second-order valence-electron chi connectivity index (χ2n) is 4.48. The van der Waals surface area contributed by atoms with Crippen molar-refractivity contribution in [1.29, 1.82) is 0 Å². The van der Waals surface area contributed by atoms with E-state index in [1.165, 1.54) is 6.42 Å². The largest absolute Gasteiger partial charge is 0.469 e. The molecule has 2 rings (SSSR count). The van der Waals surface area contributed by atoms with Crippen LogP contribution in [0.15, 0.2) is 16.7 Å². The monoisotopic (exact) mass is 207 g/mol. The predicted octanol–water partition coefficient (Wildman–Crippen LogP) is 2.51. The third-order valence-corrected chi connectivity index (χ3v) is 3.13. The van der Waals surface area contributed by atoms with Crippen LogP contribution in [-0.4, -0.2) is 11.9 Å². The summed E-state index contributed by atoms with van der Waals surface area (Å²) < 4.78 is 5.11. The highest BCUT2D eigenvalue weighted by molar-refractivity contribution is 5.95. The maximum atomic E-state index is 11.8. The Balaban J connectivity index is 1.96. The molecule has 2 atom stereocenters. The van der Waals surface area contributed by atoms with Crippen LogP contribution in [0.2, 0.25) is 0 Å². The van der Waals surface area contributed by atoms with Crippen molar-refractivity contribution in [2.45, 2.75) is 39.2 Å². The number of carbonyl (C=O) groups excluding carboxylic acids is 1. The third kappa shape index (κ3) is 2.22. The van der Waals surface area contributed by atoms with Crippen molar-refractivity contribution in [2.75, 3.05) is 0 Å². The summed E-state index contributed by atoms with van der Waals surface area (Å²) >= 11 is 0. The van der Waals surface area contributed by atoms with Crippen molar-refractivity contribution < 1.29 is 9.21 Å². The summed E-state index contributed by atoms with van der Waals surface area (Å²) in [4.78, 5) is 11.8. The Kier molecular flexibility index (Phi) is 2.80. The van der Waals surface area contributed by atoms with E-state index in [9.17, 15) is 4.79 Å². The molecule has 0 aliphatic heterocycles. The summed E-state index contributed by atoms with van der Waals surface area (Å²) in [5.74, 6) is 1.43. The molecule has 2 unspecified atom stereocenters. The first-order chi connectivity index (χ1) is 7.16. The number of hydrogen-bond acceptors (Lipinski definition) is 2. The highest BCUT2D eigenvalue weighted by Gasteiger charge is 2.23. The molecule has 1 fully saturated rings. The van der Waals surface area contributed by atoms with Gasteiger partial charge < -0.3 is 9.73 Å². The van der Waals surface area contributed by atoms with E-state index in [-0.39, 0.29) is 5.91 Å². The maximum Gasteiger partial charge on any atom is 0.255 e. The molecule has 0 radical (unpaired) electrons. The summed E-state index contributed by atoms with van der Waals surface area (Å²) in [7, 11) is 0. The summed E-state index contributed by atoms with van der Waals surface area (Å²) in [6.07, 6.45) is 4.98. The van der Waals surface area contributed by atoms with Gasteiger partial charge in [0, 0.05) is 6.04 Å². The molecule has 1 aliphatic carbocycles. The zero-order valence-electron chi connectivity index (χ0n) is 9.25. The molecule has 1 N–H and O–H groups in total. The van der Waals surface area contributed by atoms with Gasteiger partial charge in [-0.1, -0.05) is 6.92 Å². The van der Waals surface area contributed by atoms with Gasteiger partial charge in [-0.05, 0) is 38.2 Å². The van der Waals surface area contributed by atoms with Crippen LogP contribution in [0.4, 0.5) is 0 Å². The number of nitrogens with one attached hydrogen (secondary N) is 1. The predicted molar refractivity (Wildman–Crippen MR) is 57.7 cm³/mol. The van der Waals surface area contributed by atoms with Crippen molar-refractivity contribution in [1.82, 2.24) is 5.32 Å². The summed E-state index contributed by atoms with van der Waals surface area (Å²) in [6.45, 7) is 4.04. The maximum absolute atomic E-state index is 11.8. The van der Waals surface area contributed by atoms with Crippen LogP contribution in [0.1, 0.15) is 42.3 Å². The van der Waals surface area contributed by atoms with Crippen LogP contribution < -0.4 is 5.32 Å². The summed E-state index contributed by atoms with van der Waals surface area (Å²) in [6, 6.07) is 2.07. The van der Waals surface area contributed by atoms with Crippen molar-refractivity contribution in [3.63, 3.8) is 0 Å². The van der Waals surface area contributed by atoms with Crippen molar-refractivity contribution in [3.8, 4) is 0 Å². The van der Waals surface area contributed by atoms with Crippen LogP contribution in [-0.2, 0) is 0 Å². The van der Waals surface area contributed by atoms with Gasteiger partial charge in [-0.3, -0.25) is 4.79 Å². The van der Waals surface area contributed by atoms with E-state index in [2.05, 4.69) is 12.2 Å². The quantitative estimate of drug-likeness (QED) is 0.809. The molecule has 1 aromatic rings. The molecule has 0 bridgehead atoms. The van der Waals surface area contributed by atoms with Gasteiger partial charge >= 0.3 is 0 Å². The van der Waals surface area contributed by atoms with Gasteiger partial charge in [-0.15, -0.1) is 0 Å². The SMILES string of the molecule is Cc1occc1C(=O)NC1CCC(C)C1. The van der Waals surface area contributed by atoms with Gasteiger partial charge in [-0.25, -0.2) is 0 Å². The van der Waals surface area contributed by atoms with Crippen LogP contribution in [0.5, 0.6) is 0 Å². The fraction of sp³-hybridized carbons (Fsp3) is 0.583. The van der Waals surface area contributed by atoms with E-state index in [1.807, 2.05) is 6.92 Å². The van der Waals surface area contributed by atoms with E-state index in [4.69, 9.17) is 4.42 Å². The van der Waals surface area contributed by atoms with Crippen molar-refractivity contribution >= 4 is 5.91 Å². The molecule has 1 amide bonds. The van der Waals surface area contributed by atoms with Crippen LogP contribution in [0.25, 0.3) is 0 Å². The minimum absolute atomic E-state index is 0.000324. The van der Waals surface area contributed by atoms with Crippen LogP contribution in [0.3, 0.4) is 0 Å². The lowest BCUT2D eigenvalue weighted by Gasteiger charge is -2.11. The lowest BCUT2D eigenvalue weighted by molar-refractivity contribution is 0.0936. The Morgan fingerprint density at radius 2 is 2.33 bits per heavy atom. The lowest BCUT2D eigenvalue weighted by Crippen LogP contribution is -2.32. The second kappa shape index (κ2) is 4.09. The van der Waals surface area contributed by atoms with Gasteiger partial charge in [0.05, 0.1) is 11.8 Å². The Hall–Kier alpha value is -1.25. The topological polar surface area (TPSA) is 42.2 Å².